The summed E-state index contributed by atoms with van der Waals surface area (Å²) in [6.45, 7) is 0.364. The molecule has 2 rings (SSSR count). The molecular weight excluding hydrogens is 276 g/mol. The van der Waals surface area contributed by atoms with Gasteiger partial charge in [-0.05, 0) is 24.3 Å². The van der Waals surface area contributed by atoms with E-state index in [-0.39, 0.29) is 30.5 Å². The lowest BCUT2D eigenvalue weighted by atomic mass is 10.0. The zero-order valence-corrected chi connectivity index (χ0v) is 12.6. The largest absolute Gasteiger partial charge is 0.380 e. The Morgan fingerprint density at radius 3 is 2.55 bits per heavy atom. The lowest BCUT2D eigenvalue weighted by Crippen LogP contribution is -2.35. The van der Waals surface area contributed by atoms with Crippen molar-refractivity contribution < 1.29 is 9.53 Å². The van der Waals surface area contributed by atoms with Gasteiger partial charge in [0.1, 0.15) is 0 Å². The van der Waals surface area contributed by atoms with Crippen molar-refractivity contribution in [1.29, 1.82) is 0 Å². The van der Waals surface area contributed by atoms with Crippen LogP contribution in [0.25, 0.3) is 0 Å². The first-order chi connectivity index (χ1) is 9.24. The smallest absolute Gasteiger partial charge is 0.223 e. The number of hydrogen-bond donors (Lipinski definition) is 2. The first kappa shape index (κ1) is 17.0. The molecule has 1 saturated carbocycles. The van der Waals surface area contributed by atoms with Crippen LogP contribution in [0.1, 0.15) is 30.9 Å². The first-order valence-corrected chi connectivity index (χ1v) is 6.81. The summed E-state index contributed by atoms with van der Waals surface area (Å²) < 4.78 is 5.15. The molecule has 0 spiro atoms. The zero-order valence-electron chi connectivity index (χ0n) is 11.7. The highest BCUT2D eigenvalue weighted by Crippen LogP contribution is 2.40. The molecule has 5 heteroatoms. The first-order valence-electron chi connectivity index (χ1n) is 6.81. The minimum Gasteiger partial charge on any atom is -0.380 e. The molecule has 1 amide bonds. The molecule has 0 heterocycles. The van der Waals surface area contributed by atoms with Crippen LogP contribution in [0.4, 0.5) is 0 Å². The van der Waals surface area contributed by atoms with Crippen LogP contribution in [0.15, 0.2) is 30.3 Å². The van der Waals surface area contributed by atoms with E-state index in [4.69, 9.17) is 10.5 Å². The third-order valence-electron chi connectivity index (χ3n) is 3.58. The van der Waals surface area contributed by atoms with Gasteiger partial charge in [0.2, 0.25) is 5.91 Å². The van der Waals surface area contributed by atoms with E-state index in [1.54, 1.807) is 7.11 Å². The summed E-state index contributed by atoms with van der Waals surface area (Å²) in [4.78, 5) is 12.0. The van der Waals surface area contributed by atoms with E-state index in [9.17, 15) is 4.79 Å². The van der Waals surface area contributed by atoms with Crippen molar-refractivity contribution in [3.63, 3.8) is 0 Å². The fourth-order valence-electron chi connectivity index (χ4n) is 2.27. The maximum Gasteiger partial charge on any atom is 0.223 e. The molecular formula is C15H23ClN2O2. The molecule has 1 aromatic rings. The molecule has 0 radical (unpaired) electrons. The number of amides is 1. The molecule has 1 aromatic carbocycles. The third-order valence-corrected chi connectivity index (χ3v) is 3.58. The number of nitrogens with one attached hydrogen (secondary N) is 1. The van der Waals surface area contributed by atoms with Crippen molar-refractivity contribution in [2.75, 3.05) is 13.7 Å². The monoisotopic (exact) mass is 298 g/mol. The molecule has 1 aliphatic carbocycles. The molecule has 112 valence electrons. The van der Waals surface area contributed by atoms with Gasteiger partial charge in [-0.2, -0.15) is 0 Å². The van der Waals surface area contributed by atoms with E-state index in [0.717, 1.165) is 0 Å². The zero-order chi connectivity index (χ0) is 13.7. The van der Waals surface area contributed by atoms with Crippen LogP contribution in [-0.2, 0) is 9.53 Å². The van der Waals surface area contributed by atoms with E-state index in [1.807, 2.05) is 18.2 Å². The van der Waals surface area contributed by atoms with Gasteiger partial charge >= 0.3 is 0 Å². The molecule has 1 aliphatic rings. The number of nitrogens with two attached hydrogens (primary N) is 1. The van der Waals surface area contributed by atoms with Crippen LogP contribution >= 0.6 is 12.4 Å². The number of benzene rings is 1. The molecule has 0 saturated heterocycles. The van der Waals surface area contributed by atoms with Crippen molar-refractivity contribution in [1.82, 2.24) is 5.32 Å². The minimum absolute atomic E-state index is 0. The average molecular weight is 299 g/mol. The lowest BCUT2D eigenvalue weighted by molar-refractivity contribution is -0.124. The van der Waals surface area contributed by atoms with E-state index >= 15 is 0 Å². The Kier molecular flexibility index (Phi) is 6.99. The predicted octanol–water partition coefficient (Wildman–Crippen LogP) is 2.04. The molecule has 3 N–H and O–H groups in total. The van der Waals surface area contributed by atoms with Gasteiger partial charge in [0.15, 0.2) is 0 Å². The Hall–Kier alpha value is -1.10. The Balaban J connectivity index is 0.00000200. The molecule has 2 atom stereocenters. The Bertz CT molecular complexity index is 406. The van der Waals surface area contributed by atoms with Gasteiger partial charge < -0.3 is 15.8 Å². The van der Waals surface area contributed by atoms with Gasteiger partial charge in [-0.15, -0.1) is 12.4 Å². The van der Waals surface area contributed by atoms with E-state index in [1.165, 1.54) is 18.4 Å². The maximum absolute atomic E-state index is 12.0. The van der Waals surface area contributed by atoms with Crippen molar-refractivity contribution in [3.8, 4) is 0 Å². The van der Waals surface area contributed by atoms with Crippen LogP contribution in [0.3, 0.4) is 0 Å². The van der Waals surface area contributed by atoms with Crippen LogP contribution < -0.4 is 11.1 Å². The predicted molar refractivity (Wildman–Crippen MR) is 81.8 cm³/mol. The quantitative estimate of drug-likeness (QED) is 0.809. The summed E-state index contributed by atoms with van der Waals surface area (Å²) in [5, 5.41) is 3.12. The third kappa shape index (κ3) is 4.78. The number of methoxy groups -OCH3 is 1. The Labute approximate surface area is 126 Å². The Morgan fingerprint density at radius 1 is 1.40 bits per heavy atom. The second-order valence-corrected chi connectivity index (χ2v) is 5.09. The lowest BCUT2D eigenvalue weighted by Gasteiger charge is -2.20. The van der Waals surface area contributed by atoms with E-state index in [2.05, 4.69) is 17.4 Å². The highest BCUT2D eigenvalue weighted by molar-refractivity contribution is 5.85. The number of carbonyl (C=O) groups excluding carboxylic acids is 1. The molecule has 0 bridgehead atoms. The molecule has 1 fully saturated rings. The van der Waals surface area contributed by atoms with Gasteiger partial charge in [0.25, 0.3) is 0 Å². The Morgan fingerprint density at radius 2 is 2.05 bits per heavy atom. The second-order valence-electron chi connectivity index (χ2n) is 5.09. The van der Waals surface area contributed by atoms with Crippen molar-refractivity contribution >= 4 is 18.3 Å². The van der Waals surface area contributed by atoms with Gasteiger partial charge in [0, 0.05) is 13.7 Å². The summed E-state index contributed by atoms with van der Waals surface area (Å²) in [6.07, 6.45) is 2.49. The summed E-state index contributed by atoms with van der Waals surface area (Å²) in [7, 11) is 1.58. The average Bonchev–Trinajstić information content (AvgIpc) is 3.27. The number of rotatable bonds is 7. The van der Waals surface area contributed by atoms with Crippen molar-refractivity contribution in [2.45, 2.75) is 31.4 Å². The van der Waals surface area contributed by atoms with Gasteiger partial charge in [0.05, 0.1) is 18.6 Å². The fraction of sp³-hybridized carbons (Fsp3) is 0.533. The fourth-order valence-corrected chi connectivity index (χ4v) is 2.27. The highest BCUT2D eigenvalue weighted by atomic mass is 35.5. The van der Waals surface area contributed by atoms with Crippen molar-refractivity contribution in [3.05, 3.63) is 35.9 Å². The summed E-state index contributed by atoms with van der Waals surface area (Å²) in [6, 6.07) is 10.3. The number of halogens is 1. The van der Waals surface area contributed by atoms with Crippen molar-refractivity contribution in [2.24, 2.45) is 11.7 Å². The molecule has 20 heavy (non-hydrogen) atoms. The second kappa shape index (κ2) is 8.25. The number of hydrogen-bond acceptors (Lipinski definition) is 3. The van der Waals surface area contributed by atoms with Gasteiger partial charge in [-0.25, -0.2) is 0 Å². The highest BCUT2D eigenvalue weighted by Gasteiger charge is 2.33. The summed E-state index contributed by atoms with van der Waals surface area (Å²) in [5.74, 6) is 0.586. The molecule has 0 aliphatic heterocycles. The SMILES string of the molecule is COC(CN)CC(=O)NC(c1ccccc1)C1CC1.Cl. The van der Waals surface area contributed by atoms with Gasteiger partial charge in [-0.1, -0.05) is 30.3 Å². The number of carbonyl (C=O) groups is 1. The van der Waals surface area contributed by atoms with E-state index in [0.29, 0.717) is 18.9 Å². The van der Waals surface area contributed by atoms with Crippen LogP contribution in [0, 0.1) is 5.92 Å². The standard InChI is InChI=1S/C15H22N2O2.ClH/c1-19-13(10-16)9-14(18)17-15(12-7-8-12)11-5-3-2-4-6-11;/h2-6,12-13,15H,7-10,16H2,1H3,(H,17,18);1H. The minimum atomic E-state index is -0.198. The van der Waals surface area contributed by atoms with Crippen LogP contribution in [0.5, 0.6) is 0 Å². The van der Waals surface area contributed by atoms with Crippen LogP contribution in [-0.4, -0.2) is 25.7 Å². The topological polar surface area (TPSA) is 64.3 Å². The molecule has 0 aromatic heterocycles. The molecule has 4 nitrogen and oxygen atoms in total. The maximum atomic E-state index is 12.0. The summed E-state index contributed by atoms with van der Waals surface area (Å²) in [5.41, 5.74) is 6.72. The van der Waals surface area contributed by atoms with Crippen LogP contribution in [0.2, 0.25) is 0 Å². The van der Waals surface area contributed by atoms with E-state index < -0.39 is 0 Å². The molecule has 2 unspecified atom stereocenters. The number of ether oxygens (including phenoxy) is 1. The van der Waals surface area contributed by atoms with Gasteiger partial charge in [-0.3, -0.25) is 4.79 Å². The normalized spacial score (nSPS) is 16.9. The summed E-state index contributed by atoms with van der Waals surface area (Å²) >= 11 is 0.